The molecule has 0 aromatic rings. The SMILES string of the molecule is CCCCCCCC/C=C/CC/C=C/C(O)C(CO)NC(=O)CCCCCCCCCCCCCCCCCCC/C=C\CCCCCCCCCCCCCCCCCC. The Morgan fingerprint density at radius 3 is 0.951 bits per heavy atom. The summed E-state index contributed by atoms with van der Waals surface area (Å²) in [5, 5.41) is 23.0. The second-order valence-electron chi connectivity index (χ2n) is 19.0. The zero-order valence-electron chi connectivity index (χ0n) is 41.4. The molecule has 0 bridgehead atoms. The van der Waals surface area contributed by atoms with Crippen LogP contribution in [0.3, 0.4) is 0 Å². The van der Waals surface area contributed by atoms with Crippen molar-refractivity contribution in [3.8, 4) is 0 Å². The smallest absolute Gasteiger partial charge is 0.220 e. The van der Waals surface area contributed by atoms with Crippen molar-refractivity contribution in [2.45, 2.75) is 315 Å². The number of hydrogen-bond acceptors (Lipinski definition) is 3. The minimum atomic E-state index is -0.859. The Labute approximate surface area is 382 Å². The number of rotatable bonds is 51. The molecule has 61 heavy (non-hydrogen) atoms. The molecule has 0 saturated carbocycles. The van der Waals surface area contributed by atoms with E-state index in [1.807, 2.05) is 6.08 Å². The second-order valence-corrected chi connectivity index (χ2v) is 19.0. The summed E-state index contributed by atoms with van der Waals surface area (Å²) in [5.41, 5.74) is 0. The predicted molar refractivity (Wildman–Crippen MR) is 272 cm³/mol. The Morgan fingerprint density at radius 1 is 0.377 bits per heavy atom. The highest BCUT2D eigenvalue weighted by Crippen LogP contribution is 2.17. The fourth-order valence-electron chi connectivity index (χ4n) is 8.60. The standard InChI is InChI=1S/C57H109NO3/c1-3-5-7-9-11-13-15-17-18-19-20-21-22-23-24-25-26-27-28-29-30-31-32-33-34-35-36-37-38-39-40-41-43-45-47-49-51-53-57(61)58-55(54-59)56(60)52-50-48-46-44-42-16-14-12-10-8-6-4-2/h27-28,42,44,50,52,55-56,59-60H,3-26,29-41,43,45-49,51,53-54H2,1-2H3,(H,58,61)/b28-27-,44-42+,52-50+. The zero-order chi connectivity index (χ0) is 44.2. The molecule has 2 atom stereocenters. The molecular weight excluding hydrogens is 747 g/mol. The molecule has 4 nitrogen and oxygen atoms in total. The van der Waals surface area contributed by atoms with Crippen molar-refractivity contribution in [1.29, 1.82) is 0 Å². The normalized spacial score (nSPS) is 13.0. The van der Waals surface area contributed by atoms with Crippen molar-refractivity contribution in [1.82, 2.24) is 5.32 Å². The van der Waals surface area contributed by atoms with Gasteiger partial charge in [-0.2, -0.15) is 0 Å². The molecule has 0 saturated heterocycles. The number of allylic oxidation sites excluding steroid dienone is 5. The molecule has 0 fully saturated rings. The van der Waals surface area contributed by atoms with Crippen LogP contribution in [0.1, 0.15) is 303 Å². The fourth-order valence-corrected chi connectivity index (χ4v) is 8.60. The molecule has 2 unspecified atom stereocenters. The summed E-state index contributed by atoms with van der Waals surface area (Å²) in [7, 11) is 0. The summed E-state index contributed by atoms with van der Waals surface area (Å²) in [5.74, 6) is -0.0712. The van der Waals surface area contributed by atoms with E-state index in [-0.39, 0.29) is 12.5 Å². The molecule has 0 rings (SSSR count). The van der Waals surface area contributed by atoms with Gasteiger partial charge in [0.05, 0.1) is 18.8 Å². The van der Waals surface area contributed by atoms with Crippen LogP contribution in [0, 0.1) is 0 Å². The summed E-state index contributed by atoms with van der Waals surface area (Å²) in [6.07, 6.45) is 71.8. The Hall–Kier alpha value is -1.39. The van der Waals surface area contributed by atoms with E-state index < -0.39 is 12.1 Å². The zero-order valence-corrected chi connectivity index (χ0v) is 41.4. The first-order valence-corrected chi connectivity index (χ1v) is 27.7. The summed E-state index contributed by atoms with van der Waals surface area (Å²) in [4.78, 5) is 12.4. The number of aliphatic hydroxyl groups excluding tert-OH is 2. The lowest BCUT2D eigenvalue weighted by molar-refractivity contribution is -0.123. The molecule has 3 N–H and O–H groups in total. The van der Waals surface area contributed by atoms with Gasteiger partial charge in [0.15, 0.2) is 0 Å². The van der Waals surface area contributed by atoms with E-state index in [4.69, 9.17) is 0 Å². The van der Waals surface area contributed by atoms with Gasteiger partial charge in [-0.1, -0.05) is 275 Å². The number of carbonyl (C=O) groups is 1. The molecule has 4 heteroatoms. The number of aliphatic hydroxyl groups is 2. The van der Waals surface area contributed by atoms with Crippen molar-refractivity contribution in [2.24, 2.45) is 0 Å². The van der Waals surface area contributed by atoms with E-state index in [1.54, 1.807) is 6.08 Å². The van der Waals surface area contributed by atoms with Gasteiger partial charge < -0.3 is 15.5 Å². The van der Waals surface area contributed by atoms with Gasteiger partial charge in [0.25, 0.3) is 0 Å². The highest BCUT2D eigenvalue weighted by molar-refractivity contribution is 5.76. The monoisotopic (exact) mass is 856 g/mol. The molecule has 0 heterocycles. The van der Waals surface area contributed by atoms with Gasteiger partial charge in [-0.05, 0) is 57.8 Å². The number of nitrogens with one attached hydrogen (secondary N) is 1. The van der Waals surface area contributed by atoms with Crippen molar-refractivity contribution < 1.29 is 15.0 Å². The van der Waals surface area contributed by atoms with Crippen molar-refractivity contribution in [3.63, 3.8) is 0 Å². The van der Waals surface area contributed by atoms with Crippen LogP contribution < -0.4 is 5.32 Å². The Bertz CT molecular complexity index is 928. The highest BCUT2D eigenvalue weighted by atomic mass is 16.3. The first-order valence-electron chi connectivity index (χ1n) is 27.7. The maximum Gasteiger partial charge on any atom is 0.220 e. The third-order valence-corrected chi connectivity index (χ3v) is 12.8. The van der Waals surface area contributed by atoms with Crippen LogP contribution in [0.5, 0.6) is 0 Å². The average Bonchev–Trinajstić information content (AvgIpc) is 3.26. The summed E-state index contributed by atoms with van der Waals surface area (Å²) >= 11 is 0. The van der Waals surface area contributed by atoms with Crippen LogP contribution >= 0.6 is 0 Å². The third-order valence-electron chi connectivity index (χ3n) is 12.8. The van der Waals surface area contributed by atoms with Crippen LogP contribution in [0.2, 0.25) is 0 Å². The molecule has 0 aliphatic heterocycles. The van der Waals surface area contributed by atoms with Crippen LogP contribution in [0.15, 0.2) is 36.5 Å². The molecule has 0 aliphatic carbocycles. The van der Waals surface area contributed by atoms with Gasteiger partial charge in [-0.25, -0.2) is 0 Å². The maximum atomic E-state index is 12.4. The Balaban J connectivity index is 3.39. The predicted octanol–water partition coefficient (Wildman–Crippen LogP) is 18.1. The second kappa shape index (κ2) is 53.0. The molecule has 1 amide bonds. The highest BCUT2D eigenvalue weighted by Gasteiger charge is 2.18. The minimum Gasteiger partial charge on any atom is -0.394 e. The van der Waals surface area contributed by atoms with Crippen LogP contribution in [-0.4, -0.2) is 34.9 Å². The molecule has 0 aromatic heterocycles. The molecule has 0 spiro atoms. The lowest BCUT2D eigenvalue weighted by Crippen LogP contribution is -2.45. The minimum absolute atomic E-state index is 0.0712. The van der Waals surface area contributed by atoms with E-state index in [1.165, 1.54) is 250 Å². The van der Waals surface area contributed by atoms with Crippen molar-refractivity contribution >= 4 is 5.91 Å². The number of carbonyl (C=O) groups excluding carboxylic acids is 1. The van der Waals surface area contributed by atoms with Gasteiger partial charge >= 0.3 is 0 Å². The van der Waals surface area contributed by atoms with Crippen LogP contribution in [0.25, 0.3) is 0 Å². The van der Waals surface area contributed by atoms with Crippen molar-refractivity contribution in [3.05, 3.63) is 36.5 Å². The largest absolute Gasteiger partial charge is 0.394 e. The fraction of sp³-hybridized carbons (Fsp3) is 0.877. The topological polar surface area (TPSA) is 69.6 Å². The van der Waals surface area contributed by atoms with E-state index >= 15 is 0 Å². The summed E-state index contributed by atoms with van der Waals surface area (Å²) in [6.45, 7) is 4.30. The van der Waals surface area contributed by atoms with Gasteiger partial charge in [-0.15, -0.1) is 0 Å². The van der Waals surface area contributed by atoms with E-state index in [9.17, 15) is 15.0 Å². The maximum absolute atomic E-state index is 12.4. The van der Waals surface area contributed by atoms with Crippen molar-refractivity contribution in [2.75, 3.05) is 6.61 Å². The van der Waals surface area contributed by atoms with E-state index in [0.29, 0.717) is 6.42 Å². The molecule has 0 aromatic carbocycles. The Morgan fingerprint density at radius 2 is 0.639 bits per heavy atom. The molecule has 0 radical (unpaired) electrons. The lowest BCUT2D eigenvalue weighted by Gasteiger charge is -2.19. The average molecular weight is 857 g/mol. The summed E-state index contributed by atoms with van der Waals surface area (Å²) < 4.78 is 0. The van der Waals surface area contributed by atoms with Gasteiger partial charge in [0.1, 0.15) is 0 Å². The Kier molecular flexibility index (Phi) is 51.7. The van der Waals surface area contributed by atoms with Gasteiger partial charge in [0.2, 0.25) is 5.91 Å². The third kappa shape index (κ3) is 49.5. The molecule has 0 aliphatic rings. The number of unbranched alkanes of at least 4 members (excludes halogenated alkanes) is 40. The molecular formula is C57H109NO3. The van der Waals surface area contributed by atoms with Crippen LogP contribution in [-0.2, 0) is 4.79 Å². The first kappa shape index (κ1) is 59.6. The van der Waals surface area contributed by atoms with Gasteiger partial charge in [0, 0.05) is 6.42 Å². The number of amides is 1. The van der Waals surface area contributed by atoms with E-state index in [0.717, 1.165) is 32.1 Å². The van der Waals surface area contributed by atoms with E-state index in [2.05, 4.69) is 43.5 Å². The molecule has 360 valence electrons. The first-order chi connectivity index (χ1) is 30.2. The van der Waals surface area contributed by atoms with Crippen LogP contribution in [0.4, 0.5) is 0 Å². The quantitative estimate of drug-likeness (QED) is 0.0422. The lowest BCUT2D eigenvalue weighted by atomic mass is 10.0. The van der Waals surface area contributed by atoms with Gasteiger partial charge in [-0.3, -0.25) is 4.79 Å². The summed E-state index contributed by atoms with van der Waals surface area (Å²) in [6, 6.07) is -0.636. The number of hydrogen-bond donors (Lipinski definition) is 3.